The van der Waals surface area contributed by atoms with Crippen LogP contribution in [0, 0.1) is 0 Å². The van der Waals surface area contributed by atoms with Crippen molar-refractivity contribution in [2.45, 2.75) is 5.16 Å². The average Bonchev–Trinajstić information content (AvgIpc) is 2.67. The van der Waals surface area contributed by atoms with E-state index in [1.54, 1.807) is 25.2 Å². The van der Waals surface area contributed by atoms with Gasteiger partial charge in [0.1, 0.15) is 0 Å². The molecule has 5 nitrogen and oxygen atoms in total. The highest BCUT2D eigenvalue weighted by atomic mass is 35.5. The second kappa shape index (κ2) is 5.81. The summed E-state index contributed by atoms with van der Waals surface area (Å²) in [5, 5.41) is 14.4. The van der Waals surface area contributed by atoms with Crippen molar-refractivity contribution >= 4 is 40.9 Å². The number of carbonyl (C=O) groups is 1. The molecular formula is C11H9Cl2N3O2S. The van der Waals surface area contributed by atoms with Crippen LogP contribution in [0.15, 0.2) is 23.4 Å². The molecule has 0 radical (unpaired) electrons. The normalized spacial score (nSPS) is 10.7. The first-order chi connectivity index (χ1) is 8.95. The van der Waals surface area contributed by atoms with Gasteiger partial charge in [-0.1, -0.05) is 35.0 Å². The van der Waals surface area contributed by atoms with Crippen molar-refractivity contribution in [2.75, 3.05) is 5.75 Å². The van der Waals surface area contributed by atoms with Crippen molar-refractivity contribution in [1.82, 2.24) is 14.8 Å². The van der Waals surface area contributed by atoms with Gasteiger partial charge in [-0.05, 0) is 18.2 Å². The fraction of sp³-hybridized carbons (Fsp3) is 0.182. The van der Waals surface area contributed by atoms with E-state index in [1.165, 1.54) is 4.68 Å². The minimum absolute atomic E-state index is 0.0672. The summed E-state index contributed by atoms with van der Waals surface area (Å²) in [7, 11) is 1.70. The SMILES string of the molecule is Cn1nc(-c2cc(Cl)cc(Cl)c2)nc1SCC(=O)O. The maximum Gasteiger partial charge on any atom is 0.313 e. The Balaban J connectivity index is 2.30. The van der Waals surface area contributed by atoms with Crippen LogP contribution in [0.5, 0.6) is 0 Å². The van der Waals surface area contributed by atoms with E-state index in [0.717, 1.165) is 11.8 Å². The monoisotopic (exact) mass is 317 g/mol. The molecule has 8 heteroatoms. The number of nitrogens with zero attached hydrogens (tertiary/aromatic N) is 3. The molecule has 19 heavy (non-hydrogen) atoms. The Kier molecular flexibility index (Phi) is 4.34. The molecule has 0 aliphatic heterocycles. The summed E-state index contributed by atoms with van der Waals surface area (Å²) in [6.45, 7) is 0. The summed E-state index contributed by atoms with van der Waals surface area (Å²) in [4.78, 5) is 14.8. The van der Waals surface area contributed by atoms with Gasteiger partial charge >= 0.3 is 5.97 Å². The number of carboxylic acid groups (broad SMARTS) is 1. The summed E-state index contributed by atoms with van der Waals surface area (Å²) in [6.07, 6.45) is 0. The maximum atomic E-state index is 10.5. The van der Waals surface area contributed by atoms with Crippen molar-refractivity contribution in [2.24, 2.45) is 7.05 Å². The van der Waals surface area contributed by atoms with Gasteiger partial charge in [0.15, 0.2) is 11.0 Å². The lowest BCUT2D eigenvalue weighted by molar-refractivity contribution is -0.133. The third-order valence-electron chi connectivity index (χ3n) is 2.17. The molecule has 0 aliphatic rings. The van der Waals surface area contributed by atoms with Crippen LogP contribution >= 0.6 is 35.0 Å². The van der Waals surface area contributed by atoms with Crippen LogP contribution in [-0.2, 0) is 11.8 Å². The number of thioether (sulfide) groups is 1. The molecule has 0 saturated heterocycles. The molecule has 1 aromatic heterocycles. The van der Waals surface area contributed by atoms with Gasteiger partial charge < -0.3 is 5.11 Å². The fourth-order valence-electron chi connectivity index (χ4n) is 1.43. The molecule has 0 atom stereocenters. The standard InChI is InChI=1S/C11H9Cl2N3O2S/c1-16-11(19-5-9(17)18)14-10(15-16)6-2-7(12)4-8(13)3-6/h2-4H,5H2,1H3,(H,17,18). The van der Waals surface area contributed by atoms with E-state index in [1.807, 2.05) is 0 Å². The van der Waals surface area contributed by atoms with Crippen molar-refractivity contribution in [3.63, 3.8) is 0 Å². The Morgan fingerprint density at radius 1 is 1.37 bits per heavy atom. The van der Waals surface area contributed by atoms with Gasteiger partial charge in [0, 0.05) is 22.7 Å². The predicted octanol–water partition coefficient (Wildman–Crippen LogP) is 2.97. The molecule has 0 saturated carbocycles. The zero-order chi connectivity index (χ0) is 14.0. The molecule has 0 fully saturated rings. The van der Waals surface area contributed by atoms with E-state index in [4.69, 9.17) is 28.3 Å². The number of aromatic nitrogens is 3. The van der Waals surface area contributed by atoms with Gasteiger partial charge in [-0.2, -0.15) is 5.10 Å². The van der Waals surface area contributed by atoms with E-state index in [-0.39, 0.29) is 5.75 Å². The van der Waals surface area contributed by atoms with Gasteiger partial charge in [0.05, 0.1) is 5.75 Å². The zero-order valence-corrected chi connectivity index (χ0v) is 12.1. The van der Waals surface area contributed by atoms with Gasteiger partial charge in [-0.15, -0.1) is 0 Å². The summed E-state index contributed by atoms with van der Waals surface area (Å²) in [5.74, 6) is -0.512. The van der Waals surface area contributed by atoms with Gasteiger partial charge in [-0.25, -0.2) is 9.67 Å². The Labute approximate surface area is 123 Å². The molecule has 0 spiro atoms. The molecule has 0 bridgehead atoms. The van der Waals surface area contributed by atoms with Crippen molar-refractivity contribution in [1.29, 1.82) is 0 Å². The van der Waals surface area contributed by atoms with E-state index in [0.29, 0.717) is 26.6 Å². The Morgan fingerprint density at radius 2 is 2.00 bits per heavy atom. The van der Waals surface area contributed by atoms with Crippen molar-refractivity contribution < 1.29 is 9.90 Å². The fourth-order valence-corrected chi connectivity index (χ4v) is 2.58. The lowest BCUT2D eigenvalue weighted by atomic mass is 10.2. The van der Waals surface area contributed by atoms with Crippen molar-refractivity contribution in [3.05, 3.63) is 28.2 Å². The Hall–Kier alpha value is -1.24. The number of hydrogen-bond donors (Lipinski definition) is 1. The third kappa shape index (κ3) is 3.62. The number of carboxylic acids is 1. The van der Waals surface area contributed by atoms with Crippen LogP contribution in [0.1, 0.15) is 0 Å². The molecular weight excluding hydrogens is 309 g/mol. The highest BCUT2D eigenvalue weighted by Gasteiger charge is 2.12. The quantitative estimate of drug-likeness (QED) is 0.878. The average molecular weight is 318 g/mol. The Morgan fingerprint density at radius 3 is 2.58 bits per heavy atom. The van der Waals surface area contributed by atoms with Crippen LogP contribution in [0.3, 0.4) is 0 Å². The lowest BCUT2D eigenvalue weighted by Crippen LogP contribution is -2.00. The zero-order valence-electron chi connectivity index (χ0n) is 9.80. The second-order valence-corrected chi connectivity index (χ2v) is 5.50. The topological polar surface area (TPSA) is 68.0 Å². The highest BCUT2D eigenvalue weighted by molar-refractivity contribution is 7.99. The molecule has 2 aromatic rings. The first-order valence-electron chi connectivity index (χ1n) is 5.18. The van der Waals surface area contributed by atoms with Crippen LogP contribution in [0.25, 0.3) is 11.4 Å². The van der Waals surface area contributed by atoms with Crippen LogP contribution in [0.4, 0.5) is 0 Å². The smallest absolute Gasteiger partial charge is 0.313 e. The number of benzene rings is 1. The minimum atomic E-state index is -0.902. The van der Waals surface area contributed by atoms with Gasteiger partial charge in [0.25, 0.3) is 0 Å². The second-order valence-electron chi connectivity index (χ2n) is 3.68. The number of halogens is 2. The maximum absolute atomic E-state index is 10.5. The molecule has 1 heterocycles. The number of aryl methyl sites for hydroxylation is 1. The molecule has 0 amide bonds. The number of aliphatic carboxylic acids is 1. The molecule has 1 N–H and O–H groups in total. The van der Waals surface area contributed by atoms with Crippen LogP contribution in [-0.4, -0.2) is 31.6 Å². The summed E-state index contributed by atoms with van der Waals surface area (Å²) < 4.78 is 1.53. The molecule has 2 rings (SSSR count). The van der Waals surface area contributed by atoms with E-state index in [9.17, 15) is 4.79 Å². The Bertz CT molecular complexity index is 610. The summed E-state index contributed by atoms with van der Waals surface area (Å²) in [6, 6.07) is 5.03. The van der Waals surface area contributed by atoms with Gasteiger partial charge in [-0.3, -0.25) is 4.79 Å². The third-order valence-corrected chi connectivity index (χ3v) is 3.61. The van der Waals surface area contributed by atoms with Crippen molar-refractivity contribution in [3.8, 4) is 11.4 Å². The predicted molar refractivity (Wildman–Crippen MR) is 74.8 cm³/mol. The highest BCUT2D eigenvalue weighted by Crippen LogP contribution is 2.26. The van der Waals surface area contributed by atoms with E-state index >= 15 is 0 Å². The number of hydrogen-bond acceptors (Lipinski definition) is 4. The minimum Gasteiger partial charge on any atom is -0.481 e. The summed E-state index contributed by atoms with van der Waals surface area (Å²) in [5.41, 5.74) is 0.690. The lowest BCUT2D eigenvalue weighted by Gasteiger charge is -1.97. The first kappa shape index (κ1) is 14.2. The van der Waals surface area contributed by atoms with E-state index < -0.39 is 5.97 Å². The molecule has 0 unspecified atom stereocenters. The summed E-state index contributed by atoms with van der Waals surface area (Å²) >= 11 is 12.9. The molecule has 0 aliphatic carbocycles. The molecule has 100 valence electrons. The van der Waals surface area contributed by atoms with E-state index in [2.05, 4.69) is 10.1 Å². The van der Waals surface area contributed by atoms with Crippen LogP contribution in [0.2, 0.25) is 10.0 Å². The largest absolute Gasteiger partial charge is 0.481 e. The first-order valence-corrected chi connectivity index (χ1v) is 6.92. The van der Waals surface area contributed by atoms with Gasteiger partial charge in [0.2, 0.25) is 0 Å². The van der Waals surface area contributed by atoms with Crippen LogP contribution < -0.4 is 0 Å². The number of rotatable bonds is 4. The molecule has 1 aromatic carbocycles.